The fourth-order valence-corrected chi connectivity index (χ4v) is 3.26. The molecule has 0 radical (unpaired) electrons. The number of aromatic nitrogens is 3. The quantitative estimate of drug-likeness (QED) is 0.727. The van der Waals surface area contributed by atoms with Gasteiger partial charge in [-0.15, -0.1) is 0 Å². The Kier molecular flexibility index (Phi) is 2.98. The van der Waals surface area contributed by atoms with Crippen LogP contribution < -0.4 is 9.47 Å². The number of nitriles is 1. The smallest absolute Gasteiger partial charge is 0.214 e. The number of hydrogen-bond acceptors (Lipinski definition) is 6. The van der Waals surface area contributed by atoms with E-state index in [0.29, 0.717) is 30.4 Å². The topological polar surface area (TPSA) is 72.4 Å². The summed E-state index contributed by atoms with van der Waals surface area (Å²) >= 11 is 1.50. The molecule has 1 aliphatic heterocycles. The Bertz CT molecular complexity index is 906. The Balaban J connectivity index is 1.87. The molecule has 110 valence electrons. The van der Waals surface area contributed by atoms with Crippen LogP contribution in [0.15, 0.2) is 18.2 Å². The number of ether oxygens (including phenoxy) is 2. The van der Waals surface area contributed by atoms with Crippen LogP contribution in [-0.2, 0) is 6.42 Å². The van der Waals surface area contributed by atoms with Gasteiger partial charge in [-0.2, -0.15) is 14.9 Å². The minimum Gasteiger partial charge on any atom is -0.486 e. The van der Waals surface area contributed by atoms with E-state index < -0.39 is 0 Å². The molecule has 7 heteroatoms. The molecule has 0 saturated carbocycles. The van der Waals surface area contributed by atoms with Crippen LogP contribution in [0.25, 0.3) is 16.2 Å². The van der Waals surface area contributed by atoms with E-state index in [-0.39, 0.29) is 0 Å². The number of benzene rings is 1. The van der Waals surface area contributed by atoms with Crippen molar-refractivity contribution in [3.63, 3.8) is 0 Å². The molecule has 6 nitrogen and oxygen atoms in total. The Labute approximate surface area is 130 Å². The van der Waals surface area contributed by atoms with Gasteiger partial charge in [-0.25, -0.2) is 4.98 Å². The molecule has 0 fully saturated rings. The van der Waals surface area contributed by atoms with E-state index in [2.05, 4.69) is 16.2 Å². The van der Waals surface area contributed by atoms with Crippen molar-refractivity contribution in [2.75, 3.05) is 13.2 Å². The van der Waals surface area contributed by atoms with Crippen LogP contribution in [0, 0.1) is 11.3 Å². The first kappa shape index (κ1) is 13.1. The van der Waals surface area contributed by atoms with Crippen LogP contribution in [0.2, 0.25) is 0 Å². The summed E-state index contributed by atoms with van der Waals surface area (Å²) in [6.07, 6.45) is 0.832. The Morgan fingerprint density at radius 2 is 2.14 bits per heavy atom. The molecule has 0 unspecified atom stereocenters. The number of hydrogen-bond donors (Lipinski definition) is 0. The molecule has 0 atom stereocenters. The van der Waals surface area contributed by atoms with Gasteiger partial charge in [-0.3, -0.25) is 0 Å². The Hall–Kier alpha value is -2.59. The molecule has 4 rings (SSSR count). The van der Waals surface area contributed by atoms with Gasteiger partial charge in [-0.1, -0.05) is 18.3 Å². The zero-order valence-electron chi connectivity index (χ0n) is 11.9. The first-order valence-corrected chi connectivity index (χ1v) is 7.80. The van der Waals surface area contributed by atoms with Crippen LogP contribution >= 0.6 is 11.3 Å². The summed E-state index contributed by atoms with van der Waals surface area (Å²) in [6.45, 7) is 3.12. The maximum absolute atomic E-state index is 9.48. The molecule has 3 aromatic rings. The van der Waals surface area contributed by atoms with Gasteiger partial charge >= 0.3 is 0 Å². The lowest BCUT2D eigenvalue weighted by molar-refractivity contribution is 0.171. The lowest BCUT2D eigenvalue weighted by Gasteiger charge is -2.18. The highest BCUT2D eigenvalue weighted by atomic mass is 32.1. The van der Waals surface area contributed by atoms with Crippen molar-refractivity contribution >= 4 is 16.3 Å². The van der Waals surface area contributed by atoms with E-state index in [9.17, 15) is 5.26 Å². The molecule has 22 heavy (non-hydrogen) atoms. The van der Waals surface area contributed by atoms with Crippen LogP contribution in [0.5, 0.6) is 11.5 Å². The summed E-state index contributed by atoms with van der Waals surface area (Å²) in [5.41, 5.74) is 1.90. The Morgan fingerprint density at radius 1 is 1.32 bits per heavy atom. The fraction of sp³-hybridized carbons (Fsp3) is 0.267. The molecular weight excluding hydrogens is 300 g/mol. The molecule has 0 bridgehead atoms. The van der Waals surface area contributed by atoms with Crippen molar-refractivity contribution in [2.24, 2.45) is 0 Å². The van der Waals surface area contributed by atoms with Gasteiger partial charge in [0.25, 0.3) is 0 Å². The third-order valence-electron chi connectivity index (χ3n) is 3.47. The molecule has 0 spiro atoms. The average molecular weight is 312 g/mol. The second-order valence-electron chi connectivity index (χ2n) is 4.82. The number of fused-ring (bicyclic) bond motifs is 2. The predicted octanol–water partition coefficient (Wildman–Crippen LogP) is 2.66. The van der Waals surface area contributed by atoms with Crippen LogP contribution in [-0.4, -0.2) is 27.8 Å². The zero-order valence-corrected chi connectivity index (χ0v) is 12.7. The number of nitrogens with zero attached hydrogens (tertiary/aromatic N) is 4. The summed E-state index contributed by atoms with van der Waals surface area (Å²) in [7, 11) is 0. The second kappa shape index (κ2) is 5.00. The third kappa shape index (κ3) is 1.92. The second-order valence-corrected chi connectivity index (χ2v) is 5.86. The highest BCUT2D eigenvalue weighted by Gasteiger charge is 2.20. The highest BCUT2D eigenvalue weighted by molar-refractivity contribution is 7.16. The molecule has 1 aliphatic rings. The molecular formula is C15H12N4O2S. The van der Waals surface area contributed by atoms with Gasteiger partial charge in [0, 0.05) is 5.56 Å². The van der Waals surface area contributed by atoms with Crippen LogP contribution in [0.4, 0.5) is 0 Å². The molecule has 0 saturated heterocycles. The first-order valence-electron chi connectivity index (χ1n) is 6.98. The summed E-state index contributed by atoms with van der Waals surface area (Å²) in [4.78, 5) is 5.31. The number of rotatable bonds is 2. The van der Waals surface area contributed by atoms with E-state index in [1.807, 2.05) is 25.1 Å². The first-order chi connectivity index (χ1) is 10.8. The highest BCUT2D eigenvalue weighted by Crippen LogP contribution is 2.35. The van der Waals surface area contributed by atoms with Crippen molar-refractivity contribution in [1.82, 2.24) is 14.6 Å². The summed E-state index contributed by atoms with van der Waals surface area (Å²) < 4.78 is 12.7. The van der Waals surface area contributed by atoms with Crippen molar-refractivity contribution in [1.29, 1.82) is 5.26 Å². The molecule has 0 amide bonds. The maximum Gasteiger partial charge on any atom is 0.214 e. The molecule has 1 aromatic carbocycles. The van der Waals surface area contributed by atoms with Crippen molar-refractivity contribution in [2.45, 2.75) is 13.3 Å². The fourth-order valence-electron chi connectivity index (χ4n) is 2.42. The third-order valence-corrected chi connectivity index (χ3v) is 4.52. The van der Waals surface area contributed by atoms with Gasteiger partial charge < -0.3 is 9.47 Å². The minimum atomic E-state index is 0.447. The standard InChI is InChI=1S/C15H12N4O2S/c1-2-13-18-19-10(8-16)14(17-15(19)22-13)9-3-4-11-12(7-9)21-6-5-20-11/h3-4,7H,2,5-6H2,1H3. The zero-order chi connectivity index (χ0) is 15.1. The van der Waals surface area contributed by atoms with Gasteiger partial charge in [-0.05, 0) is 24.6 Å². The molecule has 2 aromatic heterocycles. The van der Waals surface area contributed by atoms with Crippen molar-refractivity contribution in [3.8, 4) is 28.8 Å². The van der Waals surface area contributed by atoms with Crippen LogP contribution in [0.1, 0.15) is 17.6 Å². The predicted molar refractivity (Wildman–Crippen MR) is 81.4 cm³/mol. The van der Waals surface area contributed by atoms with E-state index >= 15 is 0 Å². The van der Waals surface area contributed by atoms with E-state index in [1.165, 1.54) is 11.3 Å². The summed E-state index contributed by atoms with van der Waals surface area (Å²) in [5.74, 6) is 1.41. The number of imidazole rings is 1. The maximum atomic E-state index is 9.48. The molecule has 3 heterocycles. The van der Waals surface area contributed by atoms with Gasteiger partial charge in [0.2, 0.25) is 4.96 Å². The van der Waals surface area contributed by atoms with Crippen molar-refractivity contribution in [3.05, 3.63) is 28.9 Å². The monoisotopic (exact) mass is 312 g/mol. The van der Waals surface area contributed by atoms with Gasteiger partial charge in [0.05, 0.1) is 0 Å². The normalized spacial score (nSPS) is 13.3. The van der Waals surface area contributed by atoms with E-state index in [1.54, 1.807) is 4.52 Å². The lowest BCUT2D eigenvalue weighted by atomic mass is 10.1. The van der Waals surface area contributed by atoms with Gasteiger partial charge in [0.15, 0.2) is 17.2 Å². The number of aryl methyl sites for hydroxylation is 1. The minimum absolute atomic E-state index is 0.447. The average Bonchev–Trinajstić information content (AvgIpc) is 3.11. The molecule has 0 aliphatic carbocycles. The lowest BCUT2D eigenvalue weighted by Crippen LogP contribution is -2.15. The van der Waals surface area contributed by atoms with Crippen LogP contribution in [0.3, 0.4) is 0 Å². The van der Waals surface area contributed by atoms with Crippen molar-refractivity contribution < 1.29 is 9.47 Å². The van der Waals surface area contributed by atoms with E-state index in [0.717, 1.165) is 27.7 Å². The molecule has 0 N–H and O–H groups in total. The summed E-state index contributed by atoms with van der Waals surface area (Å²) in [6, 6.07) is 7.81. The SMILES string of the molecule is CCc1nn2c(C#N)c(-c3ccc4c(c3)OCCO4)nc2s1. The van der Waals surface area contributed by atoms with Gasteiger partial charge in [0.1, 0.15) is 30.0 Å². The Morgan fingerprint density at radius 3 is 2.91 bits per heavy atom. The largest absolute Gasteiger partial charge is 0.486 e. The summed E-state index contributed by atoms with van der Waals surface area (Å²) in [5, 5.41) is 14.9. The van der Waals surface area contributed by atoms with E-state index in [4.69, 9.17) is 9.47 Å².